The average molecular weight is 570 g/mol. The van der Waals surface area contributed by atoms with Crippen LogP contribution in [0.15, 0.2) is 42.5 Å². The molecule has 4 rings (SSSR count). The molecule has 218 valence electrons. The van der Waals surface area contributed by atoms with Gasteiger partial charge >= 0.3 is 12.4 Å². The minimum Gasteiger partial charge on any atom is -0.342 e. The Kier molecular flexibility index (Phi) is 8.82. The highest BCUT2D eigenvalue weighted by atomic mass is 19.4. The SMILES string of the molecule is Cc1ccccc1[C@@H]1CN(C(=O)C2CCNCC2)CC[C@H]1C(=O)N(C)Cc1cc(C(F)(F)F)cc(C(F)(F)F)c1. The van der Waals surface area contributed by atoms with Crippen LogP contribution in [0.2, 0.25) is 0 Å². The predicted octanol–water partition coefficient (Wildman–Crippen LogP) is 5.62. The Balaban J connectivity index is 1.58. The van der Waals surface area contributed by atoms with Crippen LogP contribution in [0.4, 0.5) is 26.3 Å². The minimum absolute atomic E-state index is 0.0583. The molecule has 0 radical (unpaired) electrons. The lowest BCUT2D eigenvalue weighted by Gasteiger charge is -2.41. The van der Waals surface area contributed by atoms with Crippen LogP contribution in [0.1, 0.15) is 53.0 Å². The molecule has 0 aromatic heterocycles. The van der Waals surface area contributed by atoms with Crippen molar-refractivity contribution in [1.82, 2.24) is 15.1 Å². The van der Waals surface area contributed by atoms with Gasteiger partial charge in [-0.25, -0.2) is 0 Å². The molecular formula is C29H33F6N3O2. The molecule has 0 saturated carbocycles. The summed E-state index contributed by atoms with van der Waals surface area (Å²) < 4.78 is 80.1. The normalized spacial score (nSPS) is 20.9. The lowest BCUT2D eigenvalue weighted by Crippen LogP contribution is -2.50. The predicted molar refractivity (Wildman–Crippen MR) is 137 cm³/mol. The van der Waals surface area contributed by atoms with Gasteiger partial charge in [0.2, 0.25) is 11.8 Å². The first-order valence-corrected chi connectivity index (χ1v) is 13.3. The van der Waals surface area contributed by atoms with Gasteiger partial charge in [0, 0.05) is 44.4 Å². The van der Waals surface area contributed by atoms with Gasteiger partial charge in [-0.05, 0) is 74.2 Å². The second-order valence-corrected chi connectivity index (χ2v) is 10.8. The van der Waals surface area contributed by atoms with Gasteiger partial charge < -0.3 is 15.1 Å². The first-order chi connectivity index (χ1) is 18.8. The molecular weight excluding hydrogens is 536 g/mol. The molecule has 2 heterocycles. The number of aryl methyl sites for hydroxylation is 1. The van der Waals surface area contributed by atoms with Crippen molar-refractivity contribution < 1.29 is 35.9 Å². The van der Waals surface area contributed by atoms with Crippen molar-refractivity contribution in [2.75, 3.05) is 33.2 Å². The number of piperidine rings is 2. The number of nitrogens with one attached hydrogen (secondary N) is 1. The zero-order valence-corrected chi connectivity index (χ0v) is 22.4. The van der Waals surface area contributed by atoms with Crippen molar-refractivity contribution in [3.63, 3.8) is 0 Å². The summed E-state index contributed by atoms with van der Waals surface area (Å²) in [5.74, 6) is -1.35. The molecule has 2 aliphatic heterocycles. The molecule has 2 atom stereocenters. The maximum atomic E-state index is 13.7. The van der Waals surface area contributed by atoms with E-state index in [-0.39, 0.29) is 35.3 Å². The number of nitrogens with zero attached hydrogens (tertiary/aromatic N) is 2. The third-order valence-corrected chi connectivity index (χ3v) is 7.96. The van der Waals surface area contributed by atoms with Crippen molar-refractivity contribution in [3.05, 3.63) is 70.3 Å². The smallest absolute Gasteiger partial charge is 0.342 e. The van der Waals surface area contributed by atoms with Crippen molar-refractivity contribution in [1.29, 1.82) is 0 Å². The Hall–Kier alpha value is -3.08. The van der Waals surface area contributed by atoms with Gasteiger partial charge in [0.25, 0.3) is 0 Å². The van der Waals surface area contributed by atoms with Crippen LogP contribution in [-0.2, 0) is 28.5 Å². The van der Waals surface area contributed by atoms with Crippen molar-refractivity contribution >= 4 is 11.8 Å². The fourth-order valence-electron chi connectivity index (χ4n) is 5.84. The Morgan fingerprint density at radius 1 is 0.950 bits per heavy atom. The number of carbonyl (C=O) groups is 2. The van der Waals surface area contributed by atoms with E-state index in [9.17, 15) is 35.9 Å². The zero-order valence-electron chi connectivity index (χ0n) is 22.4. The highest BCUT2D eigenvalue weighted by Crippen LogP contribution is 2.38. The Labute approximate surface area is 229 Å². The molecule has 2 aromatic rings. The molecule has 0 unspecified atom stereocenters. The number of hydrogen-bond acceptors (Lipinski definition) is 3. The zero-order chi connectivity index (χ0) is 29.2. The number of rotatable bonds is 5. The summed E-state index contributed by atoms with van der Waals surface area (Å²) in [5, 5.41) is 3.25. The van der Waals surface area contributed by atoms with E-state index >= 15 is 0 Å². The fourth-order valence-corrected chi connectivity index (χ4v) is 5.84. The van der Waals surface area contributed by atoms with Crippen molar-refractivity contribution in [2.24, 2.45) is 11.8 Å². The highest BCUT2D eigenvalue weighted by molar-refractivity contribution is 5.82. The molecule has 2 saturated heterocycles. The van der Waals surface area contributed by atoms with Gasteiger partial charge in [-0.15, -0.1) is 0 Å². The lowest BCUT2D eigenvalue weighted by atomic mass is 9.78. The van der Waals surface area contributed by atoms with Gasteiger partial charge in [-0.2, -0.15) is 26.3 Å². The molecule has 0 spiro atoms. The number of alkyl halides is 6. The van der Waals surface area contributed by atoms with Crippen LogP contribution in [0.3, 0.4) is 0 Å². The molecule has 2 fully saturated rings. The largest absolute Gasteiger partial charge is 0.416 e. The quantitative estimate of drug-likeness (QED) is 0.476. The van der Waals surface area contributed by atoms with Crippen LogP contribution in [0.25, 0.3) is 0 Å². The number of halogens is 6. The molecule has 2 aromatic carbocycles. The van der Waals surface area contributed by atoms with E-state index in [0.29, 0.717) is 31.6 Å². The lowest BCUT2D eigenvalue weighted by molar-refractivity contribution is -0.144. The average Bonchev–Trinajstić information content (AvgIpc) is 2.91. The first-order valence-electron chi connectivity index (χ1n) is 13.3. The van der Waals surface area contributed by atoms with Crippen LogP contribution >= 0.6 is 0 Å². The summed E-state index contributed by atoms with van der Waals surface area (Å²) in [6.07, 6.45) is -8.11. The van der Waals surface area contributed by atoms with Crippen LogP contribution in [-0.4, -0.2) is 54.8 Å². The maximum absolute atomic E-state index is 13.7. The third-order valence-electron chi connectivity index (χ3n) is 7.96. The summed E-state index contributed by atoms with van der Waals surface area (Å²) in [6, 6.07) is 8.92. The number of amides is 2. The summed E-state index contributed by atoms with van der Waals surface area (Å²) in [4.78, 5) is 30.0. The van der Waals surface area contributed by atoms with Gasteiger partial charge in [0.05, 0.1) is 11.1 Å². The second kappa shape index (κ2) is 11.8. The summed E-state index contributed by atoms with van der Waals surface area (Å²) in [5.41, 5.74) is -1.25. The molecule has 1 N–H and O–H groups in total. The summed E-state index contributed by atoms with van der Waals surface area (Å²) >= 11 is 0. The second-order valence-electron chi connectivity index (χ2n) is 10.8. The van der Waals surface area contributed by atoms with E-state index in [1.807, 2.05) is 31.2 Å². The summed E-state index contributed by atoms with van der Waals surface area (Å²) in [6.45, 7) is 3.71. The van der Waals surface area contributed by atoms with Gasteiger partial charge in [-0.3, -0.25) is 9.59 Å². The molecule has 40 heavy (non-hydrogen) atoms. The van der Waals surface area contributed by atoms with E-state index in [0.717, 1.165) is 37.1 Å². The monoisotopic (exact) mass is 569 g/mol. The van der Waals surface area contributed by atoms with Crippen LogP contribution < -0.4 is 5.32 Å². The van der Waals surface area contributed by atoms with Crippen LogP contribution in [0.5, 0.6) is 0 Å². The van der Waals surface area contributed by atoms with Gasteiger partial charge in [-0.1, -0.05) is 24.3 Å². The molecule has 2 amide bonds. The molecule has 5 nitrogen and oxygen atoms in total. The van der Waals surface area contributed by atoms with Crippen molar-refractivity contribution in [2.45, 2.75) is 51.0 Å². The molecule has 11 heteroatoms. The Morgan fingerprint density at radius 3 is 2.12 bits per heavy atom. The van der Waals surface area contributed by atoms with Crippen LogP contribution in [0, 0.1) is 18.8 Å². The Morgan fingerprint density at radius 2 is 1.55 bits per heavy atom. The number of carbonyl (C=O) groups excluding carboxylic acids is 2. The van der Waals surface area contributed by atoms with E-state index in [2.05, 4.69) is 5.32 Å². The Bertz CT molecular complexity index is 1190. The maximum Gasteiger partial charge on any atom is 0.416 e. The number of hydrogen-bond donors (Lipinski definition) is 1. The number of likely N-dealkylation sites (tertiary alicyclic amines) is 1. The highest BCUT2D eigenvalue weighted by Gasteiger charge is 2.41. The van der Waals surface area contributed by atoms with E-state index in [1.165, 1.54) is 11.9 Å². The standard InChI is InChI=1S/C29H33F6N3O2/c1-18-5-3-4-6-23(18)25-17-38(26(39)20-7-10-36-11-8-20)12-9-24(25)27(40)37(2)16-19-13-21(28(30,31)32)15-22(14-19)29(33,34)35/h3-6,13-15,20,24-25,36H,7-12,16-17H2,1-2H3/t24-,25+/m1/s1. The summed E-state index contributed by atoms with van der Waals surface area (Å²) in [7, 11) is 1.39. The van der Waals surface area contributed by atoms with E-state index in [4.69, 9.17) is 0 Å². The molecule has 0 bridgehead atoms. The first kappa shape index (κ1) is 29.9. The third kappa shape index (κ3) is 6.79. The minimum atomic E-state index is -4.97. The van der Waals surface area contributed by atoms with E-state index in [1.54, 1.807) is 4.90 Å². The topological polar surface area (TPSA) is 52.7 Å². The number of benzene rings is 2. The van der Waals surface area contributed by atoms with Gasteiger partial charge in [0.15, 0.2) is 0 Å². The molecule has 0 aliphatic carbocycles. The van der Waals surface area contributed by atoms with Crippen molar-refractivity contribution in [3.8, 4) is 0 Å². The molecule has 2 aliphatic rings. The van der Waals surface area contributed by atoms with Gasteiger partial charge in [0.1, 0.15) is 0 Å². The fraction of sp³-hybridized carbons (Fsp3) is 0.517. The van der Waals surface area contributed by atoms with E-state index < -0.39 is 35.9 Å².